The molecule has 4 heteroatoms. The van der Waals surface area contributed by atoms with Crippen LogP contribution in [0, 0.1) is 47.1 Å². The Kier molecular flexibility index (Phi) is 9.84. The van der Waals surface area contributed by atoms with Gasteiger partial charge in [0.1, 0.15) is 0 Å². The van der Waals surface area contributed by atoms with Gasteiger partial charge in [0.05, 0.1) is 19.3 Å². The van der Waals surface area contributed by atoms with Gasteiger partial charge in [-0.05, 0) is 157 Å². The summed E-state index contributed by atoms with van der Waals surface area (Å²) in [7, 11) is 0. The Morgan fingerprint density at radius 1 is 0.711 bits per heavy atom. The zero-order valence-electron chi connectivity index (χ0n) is 23.8. The van der Waals surface area contributed by atoms with Gasteiger partial charge in [-0.1, -0.05) is 18.2 Å². The van der Waals surface area contributed by atoms with Crippen molar-refractivity contribution < 1.29 is 18.3 Å². The predicted molar refractivity (Wildman–Crippen MR) is 150 cm³/mol. The van der Waals surface area contributed by atoms with Gasteiger partial charge in [0.15, 0.2) is 11.6 Å². The van der Waals surface area contributed by atoms with Crippen LogP contribution in [-0.2, 0) is 4.74 Å². The van der Waals surface area contributed by atoms with Gasteiger partial charge in [-0.3, -0.25) is 0 Å². The first kappa shape index (κ1) is 28.1. The van der Waals surface area contributed by atoms with Crippen LogP contribution in [0.1, 0.15) is 115 Å². The predicted octanol–water partition coefficient (Wildman–Crippen LogP) is 9.62. The first-order valence-corrected chi connectivity index (χ1v) is 15.9. The normalized spacial score (nSPS) is 36.8. The fourth-order valence-electron chi connectivity index (χ4n) is 8.74. The highest BCUT2D eigenvalue weighted by Crippen LogP contribution is 2.48. The van der Waals surface area contributed by atoms with Crippen molar-refractivity contribution in [2.24, 2.45) is 35.5 Å². The van der Waals surface area contributed by atoms with Crippen molar-refractivity contribution in [3.05, 3.63) is 41.5 Å². The molecule has 2 atom stereocenters. The highest BCUT2D eigenvalue weighted by atomic mass is 19.2. The smallest absolute Gasteiger partial charge is 0.200 e. The van der Waals surface area contributed by atoms with Crippen LogP contribution in [0.15, 0.2) is 24.3 Å². The van der Waals surface area contributed by atoms with Crippen LogP contribution in [0.3, 0.4) is 0 Å². The van der Waals surface area contributed by atoms with Gasteiger partial charge in [-0.25, -0.2) is 4.39 Å². The Morgan fingerprint density at radius 2 is 1.21 bits per heavy atom. The topological polar surface area (TPSA) is 18.5 Å². The molecule has 1 saturated heterocycles. The molecule has 4 fully saturated rings. The maximum Gasteiger partial charge on any atom is 0.200 e. The van der Waals surface area contributed by atoms with Gasteiger partial charge in [0.2, 0.25) is 5.82 Å². The van der Waals surface area contributed by atoms with Crippen molar-refractivity contribution in [1.29, 1.82) is 0 Å². The number of hydrogen-bond donors (Lipinski definition) is 0. The molecule has 0 aromatic heterocycles. The maximum atomic E-state index is 14.8. The van der Waals surface area contributed by atoms with Crippen molar-refractivity contribution in [3.63, 3.8) is 0 Å². The molecule has 38 heavy (non-hydrogen) atoms. The summed E-state index contributed by atoms with van der Waals surface area (Å²) < 4.78 is 40.5. The molecule has 2 nitrogen and oxygen atoms in total. The minimum Gasteiger partial charge on any atom is -0.491 e. The van der Waals surface area contributed by atoms with Crippen LogP contribution in [0.25, 0.3) is 0 Å². The number of rotatable bonds is 7. The molecule has 0 bridgehead atoms. The van der Waals surface area contributed by atoms with Gasteiger partial charge in [-0.15, -0.1) is 0 Å². The average Bonchev–Trinajstić information content (AvgIpc) is 2.97. The zero-order valence-corrected chi connectivity index (χ0v) is 23.8. The summed E-state index contributed by atoms with van der Waals surface area (Å²) in [5.41, 5.74) is 0.557. The van der Waals surface area contributed by atoms with Crippen molar-refractivity contribution in [3.8, 4) is 5.75 Å². The number of ether oxygens (including phenoxy) is 2. The lowest BCUT2D eigenvalue weighted by Gasteiger charge is -2.43. The van der Waals surface area contributed by atoms with E-state index in [-0.39, 0.29) is 11.7 Å². The van der Waals surface area contributed by atoms with Crippen molar-refractivity contribution in [1.82, 2.24) is 0 Å². The van der Waals surface area contributed by atoms with Crippen LogP contribution >= 0.6 is 0 Å². The summed E-state index contributed by atoms with van der Waals surface area (Å²) in [5.74, 6) is 3.85. The Balaban J connectivity index is 1.03. The molecule has 4 aliphatic rings. The summed E-state index contributed by atoms with van der Waals surface area (Å²) >= 11 is 0. The highest BCUT2D eigenvalue weighted by Gasteiger charge is 2.37. The molecule has 1 heterocycles. The van der Waals surface area contributed by atoms with Gasteiger partial charge in [0.25, 0.3) is 0 Å². The molecule has 0 amide bonds. The molecule has 212 valence electrons. The third-order valence-electron chi connectivity index (χ3n) is 11.0. The molecule has 1 aliphatic heterocycles. The summed E-state index contributed by atoms with van der Waals surface area (Å²) in [5, 5.41) is 0. The molecular weight excluding hydrogens is 478 g/mol. The lowest BCUT2D eigenvalue weighted by Crippen LogP contribution is -2.34. The third kappa shape index (κ3) is 6.48. The molecule has 0 radical (unpaired) electrons. The average molecular weight is 529 g/mol. The van der Waals surface area contributed by atoms with E-state index in [0.717, 1.165) is 67.8 Å². The first-order chi connectivity index (χ1) is 18.6. The summed E-state index contributed by atoms with van der Waals surface area (Å²) in [6.45, 7) is 5.19. The van der Waals surface area contributed by atoms with E-state index in [1.165, 1.54) is 64.2 Å². The van der Waals surface area contributed by atoms with Gasteiger partial charge in [0, 0.05) is 0 Å². The van der Waals surface area contributed by atoms with Crippen LogP contribution < -0.4 is 4.74 Å². The third-order valence-corrected chi connectivity index (χ3v) is 11.0. The van der Waals surface area contributed by atoms with E-state index in [1.807, 2.05) is 0 Å². The SMILES string of the molecule is CC=CC1CCC(C2CCC(C3CCC(C4CCC(c5ccc(OCC)c(F)c5F)CC4)CC3)CC2)CO1. The van der Waals surface area contributed by atoms with Crippen LogP contribution in [0.2, 0.25) is 0 Å². The fourth-order valence-corrected chi connectivity index (χ4v) is 8.74. The molecule has 3 saturated carbocycles. The second kappa shape index (κ2) is 13.3. The second-order valence-corrected chi connectivity index (χ2v) is 12.9. The molecule has 3 aliphatic carbocycles. The Bertz CT molecular complexity index is 897. The van der Waals surface area contributed by atoms with Gasteiger partial charge in [-0.2, -0.15) is 4.39 Å². The van der Waals surface area contributed by atoms with E-state index < -0.39 is 11.6 Å². The lowest BCUT2D eigenvalue weighted by molar-refractivity contribution is -0.0195. The van der Waals surface area contributed by atoms with Crippen molar-refractivity contribution in [2.75, 3.05) is 13.2 Å². The van der Waals surface area contributed by atoms with Crippen LogP contribution in [-0.4, -0.2) is 19.3 Å². The fraction of sp³-hybridized carbons (Fsp3) is 0.765. The number of halogens is 2. The Labute approximate surface area is 229 Å². The monoisotopic (exact) mass is 528 g/mol. The van der Waals surface area contributed by atoms with Crippen LogP contribution in [0.5, 0.6) is 5.75 Å². The second-order valence-electron chi connectivity index (χ2n) is 12.9. The van der Waals surface area contributed by atoms with Crippen molar-refractivity contribution >= 4 is 0 Å². The van der Waals surface area contributed by atoms with E-state index in [0.29, 0.717) is 18.3 Å². The molecule has 5 rings (SSSR count). The number of allylic oxidation sites excluding steroid dienone is 1. The standard InChI is InChI=1S/C34H50F2O2/c1-3-5-30-19-18-29(22-38-30)27-12-10-25(11-13-27)23-6-8-24(9-7-23)26-14-16-28(17-15-26)31-20-21-32(37-4-2)34(36)33(31)35/h3,5,20-21,23-30H,4,6-19,22H2,1-2H3. The number of benzene rings is 1. The van der Waals surface area contributed by atoms with E-state index in [1.54, 1.807) is 19.1 Å². The summed E-state index contributed by atoms with van der Waals surface area (Å²) in [6, 6.07) is 3.37. The van der Waals surface area contributed by atoms with E-state index in [2.05, 4.69) is 19.1 Å². The van der Waals surface area contributed by atoms with Crippen molar-refractivity contribution in [2.45, 2.75) is 116 Å². The molecule has 1 aromatic carbocycles. The lowest BCUT2D eigenvalue weighted by atomic mass is 9.64. The molecule has 2 unspecified atom stereocenters. The Hall–Kier alpha value is -1.42. The quantitative estimate of drug-likeness (QED) is 0.328. The minimum absolute atomic E-state index is 0.0360. The van der Waals surface area contributed by atoms with E-state index in [4.69, 9.17) is 9.47 Å². The molecule has 0 N–H and O–H groups in total. The molecule has 0 spiro atoms. The maximum absolute atomic E-state index is 14.8. The van der Waals surface area contributed by atoms with E-state index in [9.17, 15) is 8.78 Å². The molecule has 1 aromatic rings. The van der Waals surface area contributed by atoms with E-state index >= 15 is 0 Å². The summed E-state index contributed by atoms with van der Waals surface area (Å²) in [6.07, 6.45) is 22.8. The van der Waals surface area contributed by atoms with Crippen LogP contribution in [0.4, 0.5) is 8.78 Å². The Morgan fingerprint density at radius 3 is 1.68 bits per heavy atom. The summed E-state index contributed by atoms with van der Waals surface area (Å²) in [4.78, 5) is 0. The first-order valence-electron chi connectivity index (χ1n) is 15.9. The van der Waals surface area contributed by atoms with Gasteiger partial charge >= 0.3 is 0 Å². The highest BCUT2D eigenvalue weighted by molar-refractivity contribution is 5.33. The van der Waals surface area contributed by atoms with Gasteiger partial charge < -0.3 is 9.47 Å². The molecular formula is C34H50F2O2. The largest absolute Gasteiger partial charge is 0.491 e. The minimum atomic E-state index is -0.816. The zero-order chi connectivity index (χ0) is 26.5. The number of hydrogen-bond acceptors (Lipinski definition) is 2.